The van der Waals surface area contributed by atoms with Crippen molar-refractivity contribution in [1.82, 2.24) is 0 Å². The summed E-state index contributed by atoms with van der Waals surface area (Å²) in [6, 6.07) is 13.5. The van der Waals surface area contributed by atoms with Gasteiger partial charge < -0.3 is 4.74 Å². The third-order valence-electron chi connectivity index (χ3n) is 5.21. The average Bonchev–Trinajstić information content (AvgIpc) is 2.71. The molecular weight excluding hydrogens is 392 g/mol. The summed E-state index contributed by atoms with van der Waals surface area (Å²) in [5.74, 6) is 0.472. The standard InChI is InChI=1S/C21H26N2O5S/c1-29(26,27)22(15-17-8-4-2-5-9-17)20-13-12-19(23(24)25)14-21(20)28-16-18-10-6-3-7-11-18/h3,6-7,10-14,17H,2,4-5,8-9,15-16H2,1H3. The van der Waals surface area contributed by atoms with Crippen LogP contribution < -0.4 is 9.04 Å². The molecule has 0 bridgehead atoms. The Morgan fingerprint density at radius 2 is 1.79 bits per heavy atom. The van der Waals surface area contributed by atoms with Crippen molar-refractivity contribution >= 4 is 21.4 Å². The number of benzene rings is 2. The highest BCUT2D eigenvalue weighted by atomic mass is 32.2. The summed E-state index contributed by atoms with van der Waals surface area (Å²) < 4.78 is 32.4. The number of nitrogens with zero attached hydrogens (tertiary/aromatic N) is 2. The van der Waals surface area contributed by atoms with Gasteiger partial charge in [0.15, 0.2) is 5.75 Å². The minimum absolute atomic E-state index is 0.136. The van der Waals surface area contributed by atoms with Crippen molar-refractivity contribution < 1.29 is 18.1 Å². The quantitative estimate of drug-likeness (QED) is 0.464. The van der Waals surface area contributed by atoms with E-state index in [1.54, 1.807) is 0 Å². The maximum atomic E-state index is 12.6. The molecule has 8 heteroatoms. The Bertz CT molecular complexity index is 941. The van der Waals surface area contributed by atoms with Crippen molar-refractivity contribution in [2.24, 2.45) is 5.92 Å². The van der Waals surface area contributed by atoms with Gasteiger partial charge >= 0.3 is 0 Å². The monoisotopic (exact) mass is 418 g/mol. The molecule has 2 aromatic carbocycles. The molecule has 0 aromatic heterocycles. The van der Waals surface area contributed by atoms with Crippen molar-refractivity contribution in [3.05, 3.63) is 64.2 Å². The van der Waals surface area contributed by atoms with Crippen LogP contribution in [-0.2, 0) is 16.6 Å². The third kappa shape index (κ3) is 5.69. The number of nitro benzene ring substituents is 1. The molecule has 0 saturated heterocycles. The number of hydrogen-bond donors (Lipinski definition) is 0. The first-order chi connectivity index (χ1) is 13.8. The Balaban J connectivity index is 1.93. The maximum absolute atomic E-state index is 12.6. The maximum Gasteiger partial charge on any atom is 0.273 e. The van der Waals surface area contributed by atoms with Crippen LogP contribution in [-0.4, -0.2) is 26.1 Å². The Kier molecular flexibility index (Phi) is 6.74. The topological polar surface area (TPSA) is 89.8 Å². The Morgan fingerprint density at radius 3 is 2.41 bits per heavy atom. The van der Waals surface area contributed by atoms with Gasteiger partial charge in [0.05, 0.1) is 22.9 Å². The molecule has 1 fully saturated rings. The summed E-state index contributed by atoms with van der Waals surface area (Å²) in [6.07, 6.45) is 6.51. The number of non-ortho nitro benzene ring substituents is 1. The van der Waals surface area contributed by atoms with Crippen molar-refractivity contribution in [3.63, 3.8) is 0 Å². The summed E-state index contributed by atoms with van der Waals surface area (Å²) in [4.78, 5) is 10.7. The van der Waals surface area contributed by atoms with Gasteiger partial charge in [-0.05, 0) is 30.4 Å². The fourth-order valence-electron chi connectivity index (χ4n) is 3.69. The van der Waals surface area contributed by atoms with E-state index in [4.69, 9.17) is 4.74 Å². The highest BCUT2D eigenvalue weighted by Gasteiger charge is 2.27. The molecular formula is C21H26N2O5S. The van der Waals surface area contributed by atoms with Crippen LogP contribution in [0.25, 0.3) is 0 Å². The van der Waals surface area contributed by atoms with Crippen LogP contribution >= 0.6 is 0 Å². The van der Waals surface area contributed by atoms with E-state index in [0.29, 0.717) is 12.2 Å². The van der Waals surface area contributed by atoms with E-state index in [9.17, 15) is 18.5 Å². The number of nitro groups is 1. The second-order valence-corrected chi connectivity index (χ2v) is 9.39. The lowest BCUT2D eigenvalue weighted by Gasteiger charge is -2.30. The van der Waals surface area contributed by atoms with Gasteiger partial charge in [-0.25, -0.2) is 8.42 Å². The number of rotatable bonds is 8. The molecule has 0 amide bonds. The lowest BCUT2D eigenvalue weighted by atomic mass is 9.89. The molecule has 3 rings (SSSR count). The zero-order valence-corrected chi connectivity index (χ0v) is 17.3. The highest BCUT2D eigenvalue weighted by Crippen LogP contribution is 2.36. The molecule has 0 heterocycles. The Hall–Kier alpha value is -2.61. The number of sulfonamides is 1. The van der Waals surface area contributed by atoms with Gasteiger partial charge in [0.2, 0.25) is 10.0 Å². The molecule has 0 radical (unpaired) electrons. The minimum Gasteiger partial charge on any atom is -0.486 e. The SMILES string of the molecule is CS(=O)(=O)N(CC1CCCCC1)c1ccc([N+](=O)[O-])cc1OCc1ccccc1. The van der Waals surface area contributed by atoms with Crippen LogP contribution in [0.4, 0.5) is 11.4 Å². The van der Waals surface area contributed by atoms with Crippen molar-refractivity contribution in [1.29, 1.82) is 0 Å². The second kappa shape index (κ2) is 9.26. The van der Waals surface area contributed by atoms with Crippen LogP contribution in [0, 0.1) is 16.0 Å². The highest BCUT2D eigenvalue weighted by molar-refractivity contribution is 7.92. The summed E-state index contributed by atoms with van der Waals surface area (Å²) in [5.41, 5.74) is 1.10. The molecule has 0 unspecified atom stereocenters. The first kappa shape index (κ1) is 21.1. The summed E-state index contributed by atoms with van der Waals surface area (Å²) in [7, 11) is -3.57. The van der Waals surface area contributed by atoms with Gasteiger partial charge in [-0.1, -0.05) is 49.6 Å². The third-order valence-corrected chi connectivity index (χ3v) is 6.36. The average molecular weight is 419 g/mol. The molecule has 1 aliphatic carbocycles. The lowest BCUT2D eigenvalue weighted by Crippen LogP contribution is -2.35. The van der Waals surface area contributed by atoms with E-state index in [1.165, 1.54) is 28.9 Å². The molecule has 1 aliphatic rings. The molecule has 0 N–H and O–H groups in total. The predicted molar refractivity (Wildman–Crippen MR) is 113 cm³/mol. The van der Waals surface area contributed by atoms with Crippen LogP contribution in [0.3, 0.4) is 0 Å². The fraction of sp³-hybridized carbons (Fsp3) is 0.429. The zero-order valence-electron chi connectivity index (χ0n) is 16.5. The van der Waals surface area contributed by atoms with E-state index in [1.807, 2.05) is 30.3 Å². The normalized spacial score (nSPS) is 15.1. The fourth-order valence-corrected chi connectivity index (χ4v) is 4.68. The van der Waals surface area contributed by atoms with Crippen molar-refractivity contribution in [2.75, 3.05) is 17.1 Å². The smallest absolute Gasteiger partial charge is 0.273 e. The number of ether oxygens (including phenoxy) is 1. The zero-order chi connectivity index (χ0) is 20.9. The van der Waals surface area contributed by atoms with E-state index >= 15 is 0 Å². The van der Waals surface area contributed by atoms with Gasteiger partial charge in [0, 0.05) is 12.6 Å². The first-order valence-corrected chi connectivity index (χ1v) is 11.6. The molecule has 7 nitrogen and oxygen atoms in total. The summed E-state index contributed by atoms with van der Waals surface area (Å²) >= 11 is 0. The molecule has 0 atom stereocenters. The van der Waals surface area contributed by atoms with Gasteiger partial charge in [-0.3, -0.25) is 14.4 Å². The largest absolute Gasteiger partial charge is 0.486 e. The Labute approximate surface area is 171 Å². The predicted octanol–water partition coefficient (Wildman–Crippen LogP) is 4.52. The molecule has 29 heavy (non-hydrogen) atoms. The number of hydrogen-bond acceptors (Lipinski definition) is 5. The van der Waals surface area contributed by atoms with E-state index in [0.717, 1.165) is 37.5 Å². The first-order valence-electron chi connectivity index (χ1n) is 9.77. The van der Waals surface area contributed by atoms with Gasteiger partial charge in [0.1, 0.15) is 6.61 Å². The molecule has 1 saturated carbocycles. The van der Waals surface area contributed by atoms with Crippen LogP contribution in [0.15, 0.2) is 48.5 Å². The van der Waals surface area contributed by atoms with Crippen LogP contribution in [0.1, 0.15) is 37.7 Å². The summed E-state index contributed by atoms with van der Waals surface area (Å²) in [5, 5.41) is 11.2. The van der Waals surface area contributed by atoms with E-state index in [-0.39, 0.29) is 24.0 Å². The molecule has 0 aliphatic heterocycles. The van der Waals surface area contributed by atoms with Gasteiger partial charge in [0.25, 0.3) is 5.69 Å². The van der Waals surface area contributed by atoms with Crippen LogP contribution in [0.5, 0.6) is 5.75 Å². The van der Waals surface area contributed by atoms with Crippen molar-refractivity contribution in [3.8, 4) is 5.75 Å². The minimum atomic E-state index is -3.57. The molecule has 2 aromatic rings. The number of anilines is 1. The Morgan fingerprint density at radius 1 is 1.10 bits per heavy atom. The molecule has 0 spiro atoms. The summed E-state index contributed by atoms with van der Waals surface area (Å²) in [6.45, 7) is 0.550. The van der Waals surface area contributed by atoms with E-state index < -0.39 is 14.9 Å². The van der Waals surface area contributed by atoms with Gasteiger partial charge in [-0.15, -0.1) is 0 Å². The van der Waals surface area contributed by atoms with Crippen molar-refractivity contribution in [2.45, 2.75) is 38.7 Å². The second-order valence-electron chi connectivity index (χ2n) is 7.48. The van der Waals surface area contributed by atoms with Crippen LogP contribution in [0.2, 0.25) is 0 Å². The lowest BCUT2D eigenvalue weighted by molar-refractivity contribution is -0.384. The van der Waals surface area contributed by atoms with Gasteiger partial charge in [-0.2, -0.15) is 0 Å². The van der Waals surface area contributed by atoms with E-state index in [2.05, 4.69) is 0 Å². The molecule has 156 valence electrons.